The number of nitrogens with zero attached hydrogens (tertiary/aromatic N) is 5. The average Bonchev–Trinajstić information content (AvgIpc) is 3.12. The van der Waals surface area contributed by atoms with E-state index in [1.165, 1.54) is 42.7 Å². The molecule has 3 rings (SSSR count). The number of rotatable bonds is 8. The highest BCUT2D eigenvalue weighted by atomic mass is 32.2. The molecule has 162 valence electrons. The van der Waals surface area contributed by atoms with Crippen molar-refractivity contribution in [1.29, 1.82) is 0 Å². The highest BCUT2D eigenvalue weighted by molar-refractivity contribution is 7.98. The monoisotopic (exact) mass is 443 g/mol. The predicted octanol–water partition coefficient (Wildman–Crippen LogP) is 1.27. The zero-order valence-electron chi connectivity index (χ0n) is 17.2. The van der Waals surface area contributed by atoms with Crippen LogP contribution in [0.5, 0.6) is 5.75 Å². The van der Waals surface area contributed by atoms with E-state index in [1.54, 1.807) is 35.9 Å². The molecule has 31 heavy (non-hydrogen) atoms. The number of thioether (sulfide) groups is 1. The summed E-state index contributed by atoms with van der Waals surface area (Å²) >= 11 is 1.34. The van der Waals surface area contributed by atoms with Crippen molar-refractivity contribution in [2.75, 3.05) is 17.7 Å². The Morgan fingerprint density at radius 2 is 1.94 bits per heavy atom. The fraction of sp³-hybridized carbons (Fsp3) is 0.263. The lowest BCUT2D eigenvalue weighted by atomic mass is 10.2. The maximum Gasteiger partial charge on any atom is 0.244 e. The van der Waals surface area contributed by atoms with Crippen molar-refractivity contribution >= 4 is 35.0 Å². The Morgan fingerprint density at radius 3 is 2.58 bits per heavy atom. The van der Waals surface area contributed by atoms with Crippen LogP contribution in [0.15, 0.2) is 46.5 Å². The molecule has 0 saturated heterocycles. The summed E-state index contributed by atoms with van der Waals surface area (Å²) in [5.41, 5.74) is 1.44. The second-order valence-electron chi connectivity index (χ2n) is 6.51. The van der Waals surface area contributed by atoms with Crippen molar-refractivity contribution in [2.24, 2.45) is 7.05 Å². The minimum Gasteiger partial charge on any atom is -0.491 e. The van der Waals surface area contributed by atoms with E-state index in [-0.39, 0.29) is 29.5 Å². The van der Waals surface area contributed by atoms with Crippen molar-refractivity contribution in [3.05, 3.63) is 52.4 Å². The summed E-state index contributed by atoms with van der Waals surface area (Å²) in [4.78, 5) is 36.1. The lowest BCUT2D eigenvalue weighted by Gasteiger charge is -2.15. The number of benzene rings is 1. The Morgan fingerprint density at radius 1 is 1.19 bits per heavy atom. The van der Waals surface area contributed by atoms with Gasteiger partial charge >= 0.3 is 0 Å². The summed E-state index contributed by atoms with van der Waals surface area (Å²) in [5, 5.41) is 17.3. The largest absolute Gasteiger partial charge is 0.491 e. The van der Waals surface area contributed by atoms with E-state index < -0.39 is 0 Å². The van der Waals surface area contributed by atoms with Crippen LogP contribution in [0.25, 0.3) is 0 Å². The van der Waals surface area contributed by atoms with Gasteiger partial charge in [-0.1, -0.05) is 17.8 Å². The fourth-order valence-corrected chi connectivity index (χ4v) is 3.58. The predicted molar refractivity (Wildman–Crippen MR) is 115 cm³/mol. The molecular weight excluding hydrogens is 422 g/mol. The van der Waals surface area contributed by atoms with Crippen molar-refractivity contribution in [3.63, 3.8) is 0 Å². The van der Waals surface area contributed by atoms with Crippen LogP contribution in [-0.4, -0.2) is 43.7 Å². The molecule has 0 radical (unpaired) electrons. The molecule has 0 atom stereocenters. The summed E-state index contributed by atoms with van der Waals surface area (Å²) in [5.74, 6) is -0.00507. The van der Waals surface area contributed by atoms with Crippen molar-refractivity contribution in [1.82, 2.24) is 24.8 Å². The van der Waals surface area contributed by atoms with Crippen LogP contribution in [0.3, 0.4) is 0 Å². The number of tetrazole rings is 1. The van der Waals surface area contributed by atoms with Crippen molar-refractivity contribution in [2.45, 2.75) is 24.4 Å². The van der Waals surface area contributed by atoms with E-state index in [0.717, 1.165) is 0 Å². The zero-order chi connectivity index (χ0) is 22.4. The molecule has 2 amide bonds. The van der Waals surface area contributed by atoms with Gasteiger partial charge in [-0.3, -0.25) is 14.4 Å². The molecule has 11 nitrogen and oxygen atoms in total. The first-order chi connectivity index (χ1) is 14.9. The third kappa shape index (κ3) is 5.92. The van der Waals surface area contributed by atoms with Crippen LogP contribution in [0, 0.1) is 0 Å². The number of methoxy groups -OCH3 is 1. The number of nitrogens with one attached hydrogen (secondary N) is 2. The van der Waals surface area contributed by atoms with E-state index in [9.17, 15) is 14.4 Å². The highest BCUT2D eigenvalue weighted by Crippen LogP contribution is 2.20. The minimum absolute atomic E-state index is 0.0477. The number of aryl methyl sites for hydroxylation is 1. The van der Waals surface area contributed by atoms with Gasteiger partial charge in [0.05, 0.1) is 13.3 Å². The Labute approximate surface area is 181 Å². The van der Waals surface area contributed by atoms with Gasteiger partial charge in [-0.25, -0.2) is 4.68 Å². The number of hydrogen-bond acceptors (Lipinski definition) is 8. The first kappa shape index (κ1) is 22.0. The third-order valence-electron chi connectivity index (χ3n) is 4.11. The Bertz CT molecular complexity index is 1160. The van der Waals surface area contributed by atoms with Gasteiger partial charge in [0.25, 0.3) is 0 Å². The maximum absolute atomic E-state index is 12.7. The summed E-state index contributed by atoms with van der Waals surface area (Å²) in [6, 6.07) is 8.25. The Hall–Kier alpha value is -3.67. The Balaban J connectivity index is 1.77. The SMILES string of the molecule is COc1cn(CC(=O)Nc2cccc(NC(C)=O)c2)c(CSc2nnnn2C)cc1=O. The van der Waals surface area contributed by atoms with Crippen LogP contribution < -0.4 is 20.8 Å². The van der Waals surface area contributed by atoms with Crippen LogP contribution >= 0.6 is 11.8 Å². The molecule has 2 aromatic heterocycles. The summed E-state index contributed by atoms with van der Waals surface area (Å²) in [6.45, 7) is 1.36. The topological polar surface area (TPSA) is 133 Å². The highest BCUT2D eigenvalue weighted by Gasteiger charge is 2.13. The molecule has 0 bridgehead atoms. The second-order valence-corrected chi connectivity index (χ2v) is 7.45. The molecule has 0 aliphatic carbocycles. The normalized spacial score (nSPS) is 10.5. The lowest BCUT2D eigenvalue weighted by Crippen LogP contribution is -2.23. The van der Waals surface area contributed by atoms with Crippen LogP contribution in [0.2, 0.25) is 0 Å². The van der Waals surface area contributed by atoms with Gasteiger partial charge in [0.15, 0.2) is 5.75 Å². The summed E-state index contributed by atoms with van der Waals surface area (Å²) in [7, 11) is 3.11. The molecule has 0 aliphatic heterocycles. The van der Waals surface area contributed by atoms with E-state index in [2.05, 4.69) is 26.2 Å². The van der Waals surface area contributed by atoms with Crippen LogP contribution in [-0.2, 0) is 28.9 Å². The number of aromatic nitrogens is 5. The van der Waals surface area contributed by atoms with Crippen molar-refractivity contribution in [3.8, 4) is 5.75 Å². The zero-order valence-corrected chi connectivity index (χ0v) is 18.0. The van der Waals surface area contributed by atoms with Gasteiger partial charge in [0, 0.05) is 42.9 Å². The lowest BCUT2D eigenvalue weighted by molar-refractivity contribution is -0.117. The molecule has 0 unspecified atom stereocenters. The molecule has 1 aromatic carbocycles. The maximum atomic E-state index is 12.7. The standard InChI is InChI=1S/C19H21N7O4S/c1-12(27)20-13-5-4-6-14(7-13)21-18(29)10-26-9-17(30-3)16(28)8-15(26)11-31-19-22-23-24-25(19)2/h4-9H,10-11H2,1-3H3,(H,20,27)(H,21,29). The molecule has 2 heterocycles. The molecule has 0 saturated carbocycles. The second kappa shape index (κ2) is 9.89. The smallest absolute Gasteiger partial charge is 0.244 e. The summed E-state index contributed by atoms with van der Waals surface area (Å²) in [6.07, 6.45) is 1.50. The van der Waals surface area contributed by atoms with Gasteiger partial charge in [0.1, 0.15) is 6.54 Å². The first-order valence-corrected chi connectivity index (χ1v) is 10.1. The molecule has 3 aromatic rings. The van der Waals surface area contributed by atoms with Gasteiger partial charge < -0.3 is 19.9 Å². The molecule has 0 fully saturated rings. The first-order valence-electron chi connectivity index (χ1n) is 9.15. The van der Waals surface area contributed by atoms with Gasteiger partial charge in [-0.05, 0) is 28.6 Å². The number of carbonyl (C=O) groups is 2. The van der Waals surface area contributed by atoms with E-state index >= 15 is 0 Å². The van der Waals surface area contributed by atoms with Crippen LogP contribution in [0.1, 0.15) is 12.6 Å². The molecule has 2 N–H and O–H groups in total. The quantitative estimate of drug-likeness (QED) is 0.497. The van der Waals surface area contributed by atoms with Crippen molar-refractivity contribution < 1.29 is 14.3 Å². The molecule has 12 heteroatoms. The van der Waals surface area contributed by atoms with E-state index in [4.69, 9.17) is 4.74 Å². The van der Waals surface area contributed by atoms with Gasteiger partial charge in [-0.15, -0.1) is 5.10 Å². The number of amides is 2. The molecular formula is C19H21N7O4S. The fourth-order valence-electron chi connectivity index (χ4n) is 2.73. The number of ether oxygens (including phenoxy) is 1. The number of hydrogen-bond donors (Lipinski definition) is 2. The van der Waals surface area contributed by atoms with Gasteiger partial charge in [0.2, 0.25) is 22.4 Å². The summed E-state index contributed by atoms with van der Waals surface area (Å²) < 4.78 is 8.28. The molecule has 0 aliphatic rings. The number of carbonyl (C=O) groups excluding carboxylic acids is 2. The number of pyridine rings is 1. The average molecular weight is 443 g/mol. The molecule has 0 spiro atoms. The third-order valence-corrected chi connectivity index (χ3v) is 5.16. The van der Waals surface area contributed by atoms with Crippen LogP contribution in [0.4, 0.5) is 11.4 Å². The number of anilines is 2. The van der Waals surface area contributed by atoms with E-state index in [1.807, 2.05) is 0 Å². The van der Waals surface area contributed by atoms with Gasteiger partial charge in [-0.2, -0.15) is 0 Å². The Kier molecular flexibility index (Phi) is 7.03. The van der Waals surface area contributed by atoms with E-state index in [0.29, 0.717) is 28.0 Å². The minimum atomic E-state index is -0.308.